The Labute approximate surface area is 91.1 Å². The van der Waals surface area contributed by atoms with E-state index in [1.165, 1.54) is 5.69 Å². The molecule has 0 aromatic carbocycles. The Morgan fingerprint density at radius 3 is 2.87 bits per heavy atom. The average molecular weight is 208 g/mol. The molecule has 1 aromatic heterocycles. The SMILES string of the molecule is CC(C)n1ccc(CC2CCC(O)C2)n1. The van der Waals surface area contributed by atoms with E-state index in [9.17, 15) is 5.11 Å². The first-order chi connectivity index (χ1) is 7.15. The summed E-state index contributed by atoms with van der Waals surface area (Å²) in [7, 11) is 0. The normalized spacial score (nSPS) is 26.4. The molecule has 0 amide bonds. The van der Waals surface area contributed by atoms with E-state index in [2.05, 4.69) is 25.0 Å². The molecule has 0 radical (unpaired) electrons. The third-order valence-electron chi connectivity index (χ3n) is 3.20. The zero-order valence-corrected chi connectivity index (χ0v) is 9.56. The van der Waals surface area contributed by atoms with Crippen LogP contribution in [-0.4, -0.2) is 21.0 Å². The first kappa shape index (κ1) is 10.7. The molecule has 84 valence electrons. The van der Waals surface area contributed by atoms with Crippen LogP contribution in [0, 0.1) is 5.92 Å². The molecule has 1 aromatic rings. The van der Waals surface area contributed by atoms with Crippen LogP contribution in [0.2, 0.25) is 0 Å². The van der Waals surface area contributed by atoms with Crippen molar-refractivity contribution in [2.24, 2.45) is 5.92 Å². The van der Waals surface area contributed by atoms with Crippen molar-refractivity contribution in [3.05, 3.63) is 18.0 Å². The van der Waals surface area contributed by atoms with Crippen LogP contribution in [0.5, 0.6) is 0 Å². The number of hydrogen-bond acceptors (Lipinski definition) is 2. The highest BCUT2D eigenvalue weighted by Gasteiger charge is 2.23. The molecule has 1 aliphatic rings. The van der Waals surface area contributed by atoms with Crippen LogP contribution in [-0.2, 0) is 6.42 Å². The summed E-state index contributed by atoms with van der Waals surface area (Å²) in [5.74, 6) is 0.635. The van der Waals surface area contributed by atoms with Crippen molar-refractivity contribution < 1.29 is 5.11 Å². The molecule has 3 nitrogen and oxygen atoms in total. The molecule has 1 heterocycles. The molecule has 1 saturated carbocycles. The molecule has 2 rings (SSSR count). The molecule has 0 bridgehead atoms. The fraction of sp³-hybridized carbons (Fsp3) is 0.750. The van der Waals surface area contributed by atoms with E-state index in [1.54, 1.807) is 0 Å². The van der Waals surface area contributed by atoms with E-state index >= 15 is 0 Å². The fourth-order valence-electron chi connectivity index (χ4n) is 2.30. The van der Waals surface area contributed by atoms with Crippen LogP contribution in [0.1, 0.15) is 44.8 Å². The molecule has 1 aliphatic carbocycles. The first-order valence-corrected chi connectivity index (χ1v) is 5.87. The monoisotopic (exact) mass is 208 g/mol. The summed E-state index contributed by atoms with van der Waals surface area (Å²) in [6.45, 7) is 4.27. The van der Waals surface area contributed by atoms with Crippen molar-refractivity contribution in [3.8, 4) is 0 Å². The second kappa shape index (κ2) is 4.35. The first-order valence-electron chi connectivity index (χ1n) is 5.87. The van der Waals surface area contributed by atoms with E-state index in [-0.39, 0.29) is 6.10 Å². The molecule has 2 unspecified atom stereocenters. The van der Waals surface area contributed by atoms with Gasteiger partial charge in [0, 0.05) is 12.2 Å². The van der Waals surface area contributed by atoms with E-state index in [1.807, 2.05) is 10.9 Å². The van der Waals surface area contributed by atoms with Crippen molar-refractivity contribution in [2.45, 2.75) is 51.7 Å². The van der Waals surface area contributed by atoms with Gasteiger partial charge in [0.25, 0.3) is 0 Å². The predicted molar refractivity (Wildman–Crippen MR) is 59.7 cm³/mol. The number of nitrogens with zero attached hydrogens (tertiary/aromatic N) is 2. The second-order valence-corrected chi connectivity index (χ2v) is 4.92. The molecule has 2 atom stereocenters. The molecule has 0 saturated heterocycles. The van der Waals surface area contributed by atoms with Gasteiger partial charge in [0.2, 0.25) is 0 Å². The fourth-order valence-corrected chi connectivity index (χ4v) is 2.30. The van der Waals surface area contributed by atoms with Gasteiger partial charge in [-0.2, -0.15) is 5.10 Å². The predicted octanol–water partition coefficient (Wildman–Crippen LogP) is 2.17. The topological polar surface area (TPSA) is 38.0 Å². The summed E-state index contributed by atoms with van der Waals surface area (Å²) < 4.78 is 2.00. The lowest BCUT2D eigenvalue weighted by Gasteiger charge is -2.07. The van der Waals surface area contributed by atoms with Gasteiger partial charge in [0.15, 0.2) is 0 Å². The van der Waals surface area contributed by atoms with Crippen LogP contribution >= 0.6 is 0 Å². The minimum Gasteiger partial charge on any atom is -0.393 e. The zero-order valence-electron chi connectivity index (χ0n) is 9.56. The molecule has 0 aliphatic heterocycles. The summed E-state index contributed by atoms with van der Waals surface area (Å²) in [4.78, 5) is 0. The van der Waals surface area contributed by atoms with Crippen molar-refractivity contribution in [1.29, 1.82) is 0 Å². The van der Waals surface area contributed by atoms with Gasteiger partial charge in [-0.25, -0.2) is 0 Å². The summed E-state index contributed by atoms with van der Waals surface area (Å²) in [5.41, 5.74) is 1.17. The van der Waals surface area contributed by atoms with Gasteiger partial charge in [0.1, 0.15) is 0 Å². The summed E-state index contributed by atoms with van der Waals surface area (Å²) in [6, 6.07) is 2.54. The van der Waals surface area contributed by atoms with Crippen molar-refractivity contribution in [3.63, 3.8) is 0 Å². The van der Waals surface area contributed by atoms with Crippen LogP contribution in [0.25, 0.3) is 0 Å². The smallest absolute Gasteiger partial charge is 0.0627 e. The lowest BCUT2D eigenvalue weighted by molar-refractivity contribution is 0.177. The Hall–Kier alpha value is -0.830. The maximum Gasteiger partial charge on any atom is 0.0627 e. The van der Waals surface area contributed by atoms with Crippen molar-refractivity contribution >= 4 is 0 Å². The van der Waals surface area contributed by atoms with E-state index in [0.717, 1.165) is 25.7 Å². The standard InChI is InChI=1S/C12H20N2O/c1-9(2)14-6-5-11(13-14)7-10-3-4-12(15)8-10/h5-6,9-10,12,15H,3-4,7-8H2,1-2H3. The Morgan fingerprint density at radius 2 is 2.33 bits per heavy atom. The molecular formula is C12H20N2O. The van der Waals surface area contributed by atoms with E-state index in [4.69, 9.17) is 0 Å². The lowest BCUT2D eigenvalue weighted by atomic mass is 10.0. The van der Waals surface area contributed by atoms with Crippen molar-refractivity contribution in [1.82, 2.24) is 9.78 Å². The largest absolute Gasteiger partial charge is 0.393 e. The molecule has 1 N–H and O–H groups in total. The van der Waals surface area contributed by atoms with Gasteiger partial charge < -0.3 is 5.11 Å². The van der Waals surface area contributed by atoms with Gasteiger partial charge >= 0.3 is 0 Å². The minimum absolute atomic E-state index is 0.0674. The summed E-state index contributed by atoms with van der Waals surface area (Å²) >= 11 is 0. The van der Waals surface area contributed by atoms with Crippen molar-refractivity contribution in [2.75, 3.05) is 0 Å². The quantitative estimate of drug-likeness (QED) is 0.826. The zero-order chi connectivity index (χ0) is 10.8. The summed E-state index contributed by atoms with van der Waals surface area (Å²) in [5, 5.41) is 14.0. The third-order valence-corrected chi connectivity index (χ3v) is 3.20. The highest BCUT2D eigenvalue weighted by Crippen LogP contribution is 2.28. The van der Waals surface area contributed by atoms with Crippen LogP contribution < -0.4 is 0 Å². The van der Waals surface area contributed by atoms with Crippen LogP contribution in [0.3, 0.4) is 0 Å². The molecule has 3 heteroatoms. The number of rotatable bonds is 3. The number of aliphatic hydroxyl groups is 1. The van der Waals surface area contributed by atoms with Gasteiger partial charge in [0.05, 0.1) is 11.8 Å². The van der Waals surface area contributed by atoms with E-state index in [0.29, 0.717) is 12.0 Å². The van der Waals surface area contributed by atoms with Gasteiger partial charge in [-0.3, -0.25) is 4.68 Å². The summed E-state index contributed by atoms with van der Waals surface area (Å²) in [6.07, 6.45) is 6.07. The van der Waals surface area contributed by atoms with Crippen LogP contribution in [0.4, 0.5) is 0 Å². The number of hydrogen-bond donors (Lipinski definition) is 1. The third kappa shape index (κ3) is 2.59. The van der Waals surface area contributed by atoms with Crippen LogP contribution in [0.15, 0.2) is 12.3 Å². The average Bonchev–Trinajstić information content (AvgIpc) is 2.76. The van der Waals surface area contributed by atoms with Gasteiger partial charge in [-0.1, -0.05) is 0 Å². The maximum atomic E-state index is 9.45. The van der Waals surface area contributed by atoms with Gasteiger partial charge in [-0.15, -0.1) is 0 Å². The Kier molecular flexibility index (Phi) is 3.10. The number of aliphatic hydroxyl groups excluding tert-OH is 1. The maximum absolute atomic E-state index is 9.45. The lowest BCUT2D eigenvalue weighted by Crippen LogP contribution is -2.06. The highest BCUT2D eigenvalue weighted by atomic mass is 16.3. The van der Waals surface area contributed by atoms with E-state index < -0.39 is 0 Å². The Morgan fingerprint density at radius 1 is 1.53 bits per heavy atom. The highest BCUT2D eigenvalue weighted by molar-refractivity contribution is 5.01. The Bertz CT molecular complexity index is 319. The Balaban J connectivity index is 1.93. The minimum atomic E-state index is -0.0674. The number of aromatic nitrogens is 2. The molecule has 0 spiro atoms. The molecular weight excluding hydrogens is 188 g/mol. The molecule has 15 heavy (non-hydrogen) atoms. The van der Waals surface area contributed by atoms with Gasteiger partial charge in [-0.05, 0) is 51.5 Å². The molecule has 1 fully saturated rings. The second-order valence-electron chi connectivity index (χ2n) is 4.92.